The Bertz CT molecular complexity index is 1220. The van der Waals surface area contributed by atoms with Crippen molar-refractivity contribution in [2.75, 3.05) is 36.9 Å². The Morgan fingerprint density at radius 2 is 1.70 bits per heavy atom. The summed E-state index contributed by atoms with van der Waals surface area (Å²) in [4.78, 5) is 31.9. The number of pyridine rings is 1. The minimum Gasteiger partial charge on any atom is -0.379 e. The van der Waals surface area contributed by atoms with Crippen molar-refractivity contribution in [2.45, 2.75) is 32.7 Å². The van der Waals surface area contributed by atoms with E-state index >= 15 is 0 Å². The number of ether oxygens (including phenoxy) is 1. The number of Topliss-reactive ketones (excluding diaryl/α,β-unsaturated/α-hetero) is 1. The number of hydrogen-bond donors (Lipinski definition) is 2. The molecule has 1 aliphatic rings. The fourth-order valence-electron chi connectivity index (χ4n) is 4.14. The second-order valence-corrected chi connectivity index (χ2v) is 9.01. The summed E-state index contributed by atoms with van der Waals surface area (Å²) in [5.41, 5.74) is 2.78. The van der Waals surface area contributed by atoms with Crippen LogP contribution in [0.2, 0.25) is 0 Å². The molecule has 2 heterocycles. The SMILES string of the molecule is CCCC(=O)Cc1cc(Nc2cc(F)cc(F)c2)c(C(=O)Nc2ccc(CN3CCOCC3)cc2)cn1. The molecule has 194 valence electrons. The van der Waals surface area contributed by atoms with Gasteiger partial charge in [-0.3, -0.25) is 19.5 Å². The van der Waals surface area contributed by atoms with E-state index in [0.29, 0.717) is 23.5 Å². The Labute approximate surface area is 214 Å². The molecule has 0 atom stereocenters. The standard InChI is InChI=1S/C28H30F2N4O3/c1-2-3-25(35)15-23-16-27(32-24-13-20(29)12-21(30)14-24)26(17-31-23)28(36)33-22-6-4-19(5-7-22)18-34-8-10-37-11-9-34/h4-7,12-14,16-17H,2-3,8-11,15,18H2,1H3,(H,31,32)(H,33,36). The second kappa shape index (κ2) is 12.5. The number of carbonyl (C=O) groups excluding carboxylic acids is 2. The molecule has 3 aromatic rings. The van der Waals surface area contributed by atoms with Crippen molar-refractivity contribution >= 4 is 28.8 Å². The Hall–Kier alpha value is -3.69. The van der Waals surface area contributed by atoms with Crippen LogP contribution in [0.5, 0.6) is 0 Å². The second-order valence-electron chi connectivity index (χ2n) is 9.01. The lowest BCUT2D eigenvalue weighted by Gasteiger charge is -2.26. The normalized spacial score (nSPS) is 13.8. The summed E-state index contributed by atoms with van der Waals surface area (Å²) in [5.74, 6) is -1.93. The lowest BCUT2D eigenvalue weighted by molar-refractivity contribution is -0.118. The van der Waals surface area contributed by atoms with E-state index in [1.54, 1.807) is 6.07 Å². The van der Waals surface area contributed by atoms with Gasteiger partial charge in [-0.05, 0) is 42.3 Å². The van der Waals surface area contributed by atoms with Crippen LogP contribution < -0.4 is 10.6 Å². The lowest BCUT2D eigenvalue weighted by Crippen LogP contribution is -2.35. The third-order valence-corrected chi connectivity index (χ3v) is 5.98. The quantitative estimate of drug-likeness (QED) is 0.397. The number of rotatable bonds is 10. The van der Waals surface area contributed by atoms with Crippen molar-refractivity contribution in [3.05, 3.63) is 83.2 Å². The molecule has 37 heavy (non-hydrogen) atoms. The van der Waals surface area contributed by atoms with Gasteiger partial charge in [-0.15, -0.1) is 0 Å². The molecule has 7 nitrogen and oxygen atoms in total. The van der Waals surface area contributed by atoms with Crippen molar-refractivity contribution in [3.63, 3.8) is 0 Å². The van der Waals surface area contributed by atoms with Crippen molar-refractivity contribution in [2.24, 2.45) is 0 Å². The topological polar surface area (TPSA) is 83.6 Å². The summed E-state index contributed by atoms with van der Waals surface area (Å²) in [7, 11) is 0. The van der Waals surface area contributed by atoms with E-state index in [-0.39, 0.29) is 23.5 Å². The number of nitrogens with zero attached hydrogens (tertiary/aromatic N) is 2. The molecule has 2 N–H and O–H groups in total. The summed E-state index contributed by atoms with van der Waals surface area (Å²) in [6.45, 7) is 5.95. The molecule has 0 bridgehead atoms. The van der Waals surface area contributed by atoms with Crippen molar-refractivity contribution in [1.29, 1.82) is 0 Å². The Morgan fingerprint density at radius 1 is 1.00 bits per heavy atom. The van der Waals surface area contributed by atoms with Crippen LogP contribution in [0.25, 0.3) is 0 Å². The zero-order chi connectivity index (χ0) is 26.2. The summed E-state index contributed by atoms with van der Waals surface area (Å²) >= 11 is 0. The Balaban J connectivity index is 1.52. The molecule has 9 heteroatoms. The van der Waals surface area contributed by atoms with E-state index in [1.807, 2.05) is 31.2 Å². The highest BCUT2D eigenvalue weighted by molar-refractivity contribution is 6.08. The van der Waals surface area contributed by atoms with Gasteiger partial charge in [0.2, 0.25) is 0 Å². The van der Waals surface area contributed by atoms with Gasteiger partial charge in [-0.2, -0.15) is 0 Å². The summed E-state index contributed by atoms with van der Waals surface area (Å²) in [6, 6.07) is 12.2. The summed E-state index contributed by atoms with van der Waals surface area (Å²) in [6.07, 6.45) is 2.61. The fourth-order valence-corrected chi connectivity index (χ4v) is 4.14. The number of morpholine rings is 1. The summed E-state index contributed by atoms with van der Waals surface area (Å²) in [5, 5.41) is 5.76. The molecule has 1 saturated heterocycles. The number of aromatic nitrogens is 1. The number of ketones is 1. The molecule has 0 spiro atoms. The Morgan fingerprint density at radius 3 is 2.38 bits per heavy atom. The molecule has 0 saturated carbocycles. The highest BCUT2D eigenvalue weighted by Gasteiger charge is 2.17. The molecule has 2 aromatic carbocycles. The molecule has 1 fully saturated rings. The molecule has 1 aromatic heterocycles. The lowest BCUT2D eigenvalue weighted by atomic mass is 10.1. The number of carbonyl (C=O) groups is 2. The van der Waals surface area contributed by atoms with Gasteiger partial charge in [-0.1, -0.05) is 19.1 Å². The third kappa shape index (κ3) is 7.65. The van der Waals surface area contributed by atoms with Gasteiger partial charge in [0, 0.05) is 61.8 Å². The van der Waals surface area contributed by atoms with E-state index < -0.39 is 17.5 Å². The first-order valence-electron chi connectivity index (χ1n) is 12.3. The van der Waals surface area contributed by atoms with Gasteiger partial charge in [0.15, 0.2) is 0 Å². The van der Waals surface area contributed by atoms with E-state index in [4.69, 9.17) is 4.74 Å². The third-order valence-electron chi connectivity index (χ3n) is 5.98. The predicted molar refractivity (Wildman–Crippen MR) is 138 cm³/mol. The number of nitrogens with one attached hydrogen (secondary N) is 2. The molecule has 1 aliphatic heterocycles. The largest absolute Gasteiger partial charge is 0.379 e. The highest BCUT2D eigenvalue weighted by atomic mass is 19.1. The maximum Gasteiger partial charge on any atom is 0.259 e. The first-order chi connectivity index (χ1) is 17.9. The molecular formula is C28H30F2N4O3. The van der Waals surface area contributed by atoms with E-state index in [2.05, 4.69) is 20.5 Å². The average Bonchev–Trinajstić information content (AvgIpc) is 2.85. The van der Waals surface area contributed by atoms with Crippen LogP contribution in [0.15, 0.2) is 54.7 Å². The molecular weight excluding hydrogens is 478 g/mol. The van der Waals surface area contributed by atoms with Crippen molar-refractivity contribution < 1.29 is 23.1 Å². The van der Waals surface area contributed by atoms with E-state index in [0.717, 1.165) is 63.0 Å². The highest BCUT2D eigenvalue weighted by Crippen LogP contribution is 2.25. The molecule has 0 aliphatic carbocycles. The first-order valence-corrected chi connectivity index (χ1v) is 12.3. The van der Waals surface area contributed by atoms with Gasteiger partial charge in [0.1, 0.15) is 17.4 Å². The van der Waals surface area contributed by atoms with Gasteiger partial charge >= 0.3 is 0 Å². The van der Waals surface area contributed by atoms with E-state index in [1.165, 1.54) is 6.20 Å². The maximum absolute atomic E-state index is 13.8. The van der Waals surface area contributed by atoms with Crippen molar-refractivity contribution in [1.82, 2.24) is 9.88 Å². The predicted octanol–water partition coefficient (Wildman–Crippen LogP) is 5.10. The number of halogens is 2. The minimum absolute atomic E-state index is 0.0205. The van der Waals surface area contributed by atoms with Crippen LogP contribution in [0.3, 0.4) is 0 Å². The smallest absolute Gasteiger partial charge is 0.259 e. The van der Waals surface area contributed by atoms with Crippen LogP contribution in [-0.2, 0) is 22.5 Å². The molecule has 0 radical (unpaired) electrons. The first kappa shape index (κ1) is 26.4. The summed E-state index contributed by atoms with van der Waals surface area (Å²) < 4.78 is 32.9. The zero-order valence-electron chi connectivity index (χ0n) is 20.7. The zero-order valence-corrected chi connectivity index (χ0v) is 20.7. The van der Waals surface area contributed by atoms with E-state index in [9.17, 15) is 18.4 Å². The molecule has 1 amide bonds. The maximum atomic E-state index is 13.8. The van der Waals surface area contributed by atoms with Gasteiger partial charge in [-0.25, -0.2) is 8.78 Å². The van der Waals surface area contributed by atoms with Crippen LogP contribution in [0.1, 0.15) is 41.4 Å². The van der Waals surface area contributed by atoms with Crippen LogP contribution in [-0.4, -0.2) is 47.9 Å². The number of amides is 1. The van der Waals surface area contributed by atoms with Gasteiger partial charge in [0.05, 0.1) is 24.5 Å². The van der Waals surface area contributed by atoms with Crippen LogP contribution in [0, 0.1) is 11.6 Å². The van der Waals surface area contributed by atoms with Crippen molar-refractivity contribution in [3.8, 4) is 0 Å². The van der Waals surface area contributed by atoms with Crippen LogP contribution in [0.4, 0.5) is 25.8 Å². The number of anilines is 3. The molecule has 4 rings (SSSR count). The average molecular weight is 509 g/mol. The minimum atomic E-state index is -0.752. The molecule has 0 unspecified atom stereocenters. The number of benzene rings is 2. The van der Waals surface area contributed by atoms with Crippen LogP contribution >= 0.6 is 0 Å². The Kier molecular flexibility index (Phi) is 8.92. The fraction of sp³-hybridized carbons (Fsp3) is 0.321. The van der Waals surface area contributed by atoms with Gasteiger partial charge < -0.3 is 15.4 Å². The number of hydrogen-bond acceptors (Lipinski definition) is 6. The monoisotopic (exact) mass is 508 g/mol. The van der Waals surface area contributed by atoms with Gasteiger partial charge in [0.25, 0.3) is 5.91 Å².